The highest BCUT2D eigenvalue weighted by Gasteiger charge is 2.28. The van der Waals surface area contributed by atoms with Crippen molar-refractivity contribution in [1.29, 1.82) is 0 Å². The van der Waals surface area contributed by atoms with Gasteiger partial charge in [-0.3, -0.25) is 4.79 Å². The number of hydrogen-bond donors (Lipinski definition) is 3. The van der Waals surface area contributed by atoms with E-state index in [1.54, 1.807) is 6.07 Å². The number of phenolic OH excluding ortho intramolecular Hbond substituents is 1. The van der Waals surface area contributed by atoms with Crippen molar-refractivity contribution < 1.29 is 9.90 Å². The molecule has 98 valence electrons. The van der Waals surface area contributed by atoms with Crippen LogP contribution in [0.4, 0.5) is 0 Å². The predicted octanol–water partition coefficient (Wildman–Crippen LogP) is 1.77. The molecule has 0 atom stereocenters. The largest absolute Gasteiger partial charge is 0.507 e. The molecule has 1 amide bonds. The standard InChI is InChI=1S/C13H17BrN2O2/c14-11-7-9(1-4-12(11)17)8-15-5-6-16-13(18)10-2-3-10/h1,4,7,10,15,17H,2-3,5-6,8H2,(H,16,18). The van der Waals surface area contributed by atoms with Gasteiger partial charge in [0.1, 0.15) is 5.75 Å². The van der Waals surface area contributed by atoms with E-state index in [4.69, 9.17) is 0 Å². The van der Waals surface area contributed by atoms with Crippen molar-refractivity contribution in [3.63, 3.8) is 0 Å². The molecular weight excluding hydrogens is 296 g/mol. The molecule has 0 saturated heterocycles. The number of rotatable bonds is 6. The Labute approximate surface area is 115 Å². The molecule has 2 rings (SSSR count). The van der Waals surface area contributed by atoms with Crippen LogP contribution < -0.4 is 10.6 Å². The van der Waals surface area contributed by atoms with Crippen LogP contribution in [0.3, 0.4) is 0 Å². The zero-order valence-corrected chi connectivity index (χ0v) is 11.7. The average Bonchev–Trinajstić information content (AvgIpc) is 3.17. The van der Waals surface area contributed by atoms with E-state index < -0.39 is 0 Å². The van der Waals surface area contributed by atoms with Gasteiger partial charge in [-0.25, -0.2) is 0 Å². The van der Waals surface area contributed by atoms with E-state index in [2.05, 4.69) is 26.6 Å². The second kappa shape index (κ2) is 6.20. The second-order valence-corrected chi connectivity index (χ2v) is 5.38. The quantitative estimate of drug-likeness (QED) is 0.702. The molecule has 1 fully saturated rings. The number of amides is 1. The molecule has 1 aromatic carbocycles. The molecular formula is C13H17BrN2O2. The maximum absolute atomic E-state index is 11.3. The first-order valence-corrected chi connectivity index (χ1v) is 6.92. The van der Waals surface area contributed by atoms with Crippen LogP contribution in [0.5, 0.6) is 5.75 Å². The van der Waals surface area contributed by atoms with Crippen LogP contribution in [0.25, 0.3) is 0 Å². The van der Waals surface area contributed by atoms with E-state index in [1.807, 2.05) is 12.1 Å². The summed E-state index contributed by atoms with van der Waals surface area (Å²) in [6, 6.07) is 5.41. The molecule has 0 heterocycles. The van der Waals surface area contributed by atoms with Gasteiger partial charge in [0.15, 0.2) is 0 Å². The Morgan fingerprint density at radius 3 is 2.83 bits per heavy atom. The summed E-state index contributed by atoms with van der Waals surface area (Å²) in [4.78, 5) is 11.3. The molecule has 3 N–H and O–H groups in total. The highest BCUT2D eigenvalue weighted by molar-refractivity contribution is 9.10. The normalized spacial score (nSPS) is 14.5. The number of benzene rings is 1. The van der Waals surface area contributed by atoms with E-state index in [0.717, 1.165) is 31.5 Å². The third kappa shape index (κ3) is 3.99. The van der Waals surface area contributed by atoms with Gasteiger partial charge in [0.2, 0.25) is 5.91 Å². The molecule has 0 aliphatic heterocycles. The maximum atomic E-state index is 11.3. The van der Waals surface area contributed by atoms with Crippen molar-refractivity contribution in [2.75, 3.05) is 13.1 Å². The Kier molecular flexibility index (Phi) is 4.60. The van der Waals surface area contributed by atoms with E-state index >= 15 is 0 Å². The van der Waals surface area contributed by atoms with Gasteiger partial charge < -0.3 is 15.7 Å². The molecule has 1 aromatic rings. The lowest BCUT2D eigenvalue weighted by Crippen LogP contribution is -2.32. The molecule has 4 nitrogen and oxygen atoms in total. The number of nitrogens with one attached hydrogen (secondary N) is 2. The fraction of sp³-hybridized carbons (Fsp3) is 0.462. The fourth-order valence-corrected chi connectivity index (χ4v) is 2.08. The lowest BCUT2D eigenvalue weighted by molar-refractivity contribution is -0.122. The maximum Gasteiger partial charge on any atom is 0.223 e. The predicted molar refractivity (Wildman–Crippen MR) is 73.2 cm³/mol. The molecule has 1 aliphatic rings. The number of carbonyl (C=O) groups excluding carboxylic acids is 1. The Morgan fingerprint density at radius 2 is 2.17 bits per heavy atom. The first-order valence-electron chi connectivity index (χ1n) is 6.12. The number of phenols is 1. The summed E-state index contributed by atoms with van der Waals surface area (Å²) in [5, 5.41) is 15.5. The van der Waals surface area contributed by atoms with Crippen LogP contribution in [0.1, 0.15) is 18.4 Å². The van der Waals surface area contributed by atoms with Crippen molar-refractivity contribution in [3.05, 3.63) is 28.2 Å². The number of halogens is 1. The van der Waals surface area contributed by atoms with Crippen LogP contribution >= 0.6 is 15.9 Å². The van der Waals surface area contributed by atoms with Crippen molar-refractivity contribution in [1.82, 2.24) is 10.6 Å². The highest BCUT2D eigenvalue weighted by Crippen LogP contribution is 2.28. The van der Waals surface area contributed by atoms with Crippen LogP contribution in [0, 0.1) is 5.92 Å². The lowest BCUT2D eigenvalue weighted by atomic mass is 10.2. The Bertz CT molecular complexity index is 433. The number of hydrogen-bond acceptors (Lipinski definition) is 3. The van der Waals surface area contributed by atoms with Crippen molar-refractivity contribution in [2.24, 2.45) is 5.92 Å². The zero-order valence-electron chi connectivity index (χ0n) is 10.1. The molecule has 1 aliphatic carbocycles. The molecule has 0 unspecified atom stereocenters. The summed E-state index contributed by atoms with van der Waals surface area (Å²) in [7, 11) is 0. The average molecular weight is 313 g/mol. The zero-order chi connectivity index (χ0) is 13.0. The Hall–Kier alpha value is -1.07. The van der Waals surface area contributed by atoms with Crippen molar-refractivity contribution in [3.8, 4) is 5.75 Å². The lowest BCUT2D eigenvalue weighted by Gasteiger charge is -2.07. The minimum Gasteiger partial charge on any atom is -0.507 e. The van der Waals surface area contributed by atoms with E-state index in [0.29, 0.717) is 11.0 Å². The van der Waals surface area contributed by atoms with Gasteiger partial charge in [-0.05, 0) is 46.5 Å². The second-order valence-electron chi connectivity index (χ2n) is 4.53. The summed E-state index contributed by atoms with van der Waals surface area (Å²) >= 11 is 3.28. The monoisotopic (exact) mass is 312 g/mol. The van der Waals surface area contributed by atoms with Crippen molar-refractivity contribution in [2.45, 2.75) is 19.4 Å². The van der Waals surface area contributed by atoms with E-state index in [-0.39, 0.29) is 17.6 Å². The van der Waals surface area contributed by atoms with Crippen LogP contribution in [0.2, 0.25) is 0 Å². The number of carbonyl (C=O) groups is 1. The minimum absolute atomic E-state index is 0.184. The third-order valence-corrected chi connectivity index (χ3v) is 3.53. The molecule has 1 saturated carbocycles. The Morgan fingerprint density at radius 1 is 1.39 bits per heavy atom. The van der Waals surface area contributed by atoms with Gasteiger partial charge in [0.05, 0.1) is 4.47 Å². The number of aromatic hydroxyl groups is 1. The first kappa shape index (κ1) is 13.4. The molecule has 0 radical (unpaired) electrons. The molecule has 0 aromatic heterocycles. The topological polar surface area (TPSA) is 61.4 Å². The molecule has 0 bridgehead atoms. The molecule has 0 spiro atoms. The molecule has 18 heavy (non-hydrogen) atoms. The summed E-state index contributed by atoms with van der Waals surface area (Å²) in [5.74, 6) is 0.706. The van der Waals surface area contributed by atoms with Crippen LogP contribution in [-0.2, 0) is 11.3 Å². The minimum atomic E-state index is 0.184. The molecule has 5 heteroatoms. The smallest absolute Gasteiger partial charge is 0.223 e. The van der Waals surface area contributed by atoms with Crippen LogP contribution in [-0.4, -0.2) is 24.1 Å². The van der Waals surface area contributed by atoms with E-state index in [1.165, 1.54) is 0 Å². The summed E-state index contributed by atoms with van der Waals surface area (Å²) in [6.07, 6.45) is 2.08. The van der Waals surface area contributed by atoms with Gasteiger partial charge in [-0.15, -0.1) is 0 Å². The van der Waals surface area contributed by atoms with E-state index in [9.17, 15) is 9.90 Å². The first-order chi connectivity index (χ1) is 8.66. The van der Waals surface area contributed by atoms with Gasteiger partial charge in [-0.1, -0.05) is 6.07 Å². The fourth-order valence-electron chi connectivity index (χ4n) is 1.66. The summed E-state index contributed by atoms with van der Waals surface area (Å²) < 4.78 is 0.698. The summed E-state index contributed by atoms with van der Waals surface area (Å²) in [5.41, 5.74) is 1.09. The van der Waals surface area contributed by atoms with Crippen molar-refractivity contribution >= 4 is 21.8 Å². The van der Waals surface area contributed by atoms with Gasteiger partial charge >= 0.3 is 0 Å². The van der Waals surface area contributed by atoms with Gasteiger partial charge in [0, 0.05) is 25.6 Å². The SMILES string of the molecule is O=C(NCCNCc1ccc(O)c(Br)c1)C1CC1. The Balaban J connectivity index is 1.62. The summed E-state index contributed by atoms with van der Waals surface area (Å²) in [6.45, 7) is 2.13. The third-order valence-electron chi connectivity index (χ3n) is 2.89. The highest BCUT2D eigenvalue weighted by atomic mass is 79.9. The van der Waals surface area contributed by atoms with Gasteiger partial charge in [-0.2, -0.15) is 0 Å². The van der Waals surface area contributed by atoms with Crippen LogP contribution in [0.15, 0.2) is 22.7 Å². The van der Waals surface area contributed by atoms with Gasteiger partial charge in [0.25, 0.3) is 0 Å².